The lowest BCUT2D eigenvalue weighted by Gasteiger charge is -2.22. The number of hydrogen-bond donors (Lipinski definition) is 0. The summed E-state index contributed by atoms with van der Waals surface area (Å²) in [5, 5.41) is 4.26. The smallest absolute Gasteiger partial charge is 0.248 e. The van der Waals surface area contributed by atoms with E-state index in [1.807, 2.05) is 6.07 Å². The minimum Gasteiger partial charge on any atom is -0.495 e. The number of benzene rings is 1. The molecule has 0 saturated carbocycles. The summed E-state index contributed by atoms with van der Waals surface area (Å²) in [6, 6.07) is 5.47. The Kier molecular flexibility index (Phi) is 7.05. The summed E-state index contributed by atoms with van der Waals surface area (Å²) in [6.07, 6.45) is 1.46. The highest BCUT2D eigenvalue weighted by molar-refractivity contribution is 7.89. The monoisotopic (exact) mass is 455 g/mol. The molecule has 0 spiro atoms. The second-order valence-electron chi connectivity index (χ2n) is 7.26. The van der Waals surface area contributed by atoms with Crippen LogP contribution in [0, 0.1) is 13.8 Å². The molecule has 3 rings (SSSR count). The van der Waals surface area contributed by atoms with Crippen molar-refractivity contribution in [2.24, 2.45) is 0 Å². The predicted octanol–water partition coefficient (Wildman–Crippen LogP) is 2.81. The Morgan fingerprint density at radius 2 is 2.00 bits per heavy atom. The van der Waals surface area contributed by atoms with E-state index in [4.69, 9.17) is 20.9 Å². The highest BCUT2D eigenvalue weighted by atomic mass is 35.5. The highest BCUT2D eigenvalue weighted by Gasteiger charge is 2.32. The van der Waals surface area contributed by atoms with E-state index in [-0.39, 0.29) is 23.1 Å². The number of amides is 1. The van der Waals surface area contributed by atoms with Crippen LogP contribution < -0.4 is 4.74 Å². The highest BCUT2D eigenvalue weighted by Crippen LogP contribution is 2.26. The SMILES string of the molecule is COc1ccc(CCC(=O)N2CCCN(S(=O)(=O)c3c(C)noc3C)CC2)cc1Cl. The fourth-order valence-electron chi connectivity index (χ4n) is 3.63. The number of ether oxygens (including phenoxy) is 1. The van der Waals surface area contributed by atoms with E-state index in [9.17, 15) is 13.2 Å². The number of aryl methyl sites for hydroxylation is 3. The third-order valence-electron chi connectivity index (χ3n) is 5.22. The zero-order valence-electron chi connectivity index (χ0n) is 17.4. The lowest BCUT2D eigenvalue weighted by molar-refractivity contribution is -0.131. The molecule has 0 bridgehead atoms. The van der Waals surface area contributed by atoms with Crippen molar-refractivity contribution in [3.8, 4) is 5.75 Å². The summed E-state index contributed by atoms with van der Waals surface area (Å²) < 4.78 is 37.6. The van der Waals surface area contributed by atoms with Crippen molar-refractivity contribution >= 4 is 27.5 Å². The number of carbonyl (C=O) groups excluding carboxylic acids is 1. The summed E-state index contributed by atoms with van der Waals surface area (Å²) in [6.45, 7) is 4.67. The fourth-order valence-corrected chi connectivity index (χ4v) is 5.67. The Morgan fingerprint density at radius 3 is 2.63 bits per heavy atom. The summed E-state index contributed by atoms with van der Waals surface area (Å²) >= 11 is 6.14. The Morgan fingerprint density at radius 1 is 1.23 bits per heavy atom. The van der Waals surface area contributed by atoms with Crippen LogP contribution >= 0.6 is 11.6 Å². The van der Waals surface area contributed by atoms with Crippen LogP contribution in [0.2, 0.25) is 5.02 Å². The minimum atomic E-state index is -3.71. The standard InChI is InChI=1S/C20H26ClN3O5S/c1-14-20(15(2)29-22-14)30(26,27)24-10-4-9-23(11-12-24)19(25)8-6-16-5-7-18(28-3)17(21)13-16/h5,7,13H,4,6,8-12H2,1-3H3. The molecule has 1 aliphatic heterocycles. The maximum Gasteiger partial charge on any atom is 0.248 e. The van der Waals surface area contributed by atoms with Gasteiger partial charge in [-0.1, -0.05) is 22.8 Å². The first-order valence-corrected chi connectivity index (χ1v) is 11.6. The number of carbonyl (C=O) groups is 1. The molecule has 2 heterocycles. The van der Waals surface area contributed by atoms with E-state index in [0.29, 0.717) is 55.4 Å². The summed E-state index contributed by atoms with van der Waals surface area (Å²) in [4.78, 5) is 14.6. The van der Waals surface area contributed by atoms with E-state index in [2.05, 4.69) is 5.16 Å². The van der Waals surface area contributed by atoms with Gasteiger partial charge in [-0.05, 0) is 44.4 Å². The van der Waals surface area contributed by atoms with Crippen LogP contribution in [0.3, 0.4) is 0 Å². The van der Waals surface area contributed by atoms with Gasteiger partial charge in [0.15, 0.2) is 5.76 Å². The summed E-state index contributed by atoms with van der Waals surface area (Å²) in [7, 11) is -2.15. The molecule has 1 fully saturated rings. The zero-order valence-corrected chi connectivity index (χ0v) is 18.9. The van der Waals surface area contributed by atoms with Gasteiger partial charge in [0.25, 0.3) is 0 Å². The largest absolute Gasteiger partial charge is 0.495 e. The number of rotatable bonds is 6. The van der Waals surface area contributed by atoms with Gasteiger partial charge in [0.05, 0.1) is 12.1 Å². The van der Waals surface area contributed by atoms with E-state index in [0.717, 1.165) is 5.56 Å². The molecule has 1 amide bonds. The Labute approximate surface area is 181 Å². The second-order valence-corrected chi connectivity index (χ2v) is 9.54. The number of sulfonamides is 1. The van der Waals surface area contributed by atoms with Crippen LogP contribution in [0.5, 0.6) is 5.75 Å². The lowest BCUT2D eigenvalue weighted by atomic mass is 10.1. The molecule has 1 aromatic carbocycles. The van der Waals surface area contributed by atoms with Gasteiger partial charge in [0.2, 0.25) is 15.9 Å². The molecule has 0 N–H and O–H groups in total. The van der Waals surface area contributed by atoms with Gasteiger partial charge in [-0.2, -0.15) is 4.31 Å². The third kappa shape index (κ3) is 4.79. The summed E-state index contributed by atoms with van der Waals surface area (Å²) in [5.41, 5.74) is 1.30. The van der Waals surface area contributed by atoms with E-state index in [1.54, 1.807) is 38.0 Å². The van der Waals surface area contributed by atoms with Crippen molar-refractivity contribution in [2.75, 3.05) is 33.3 Å². The number of hydrogen-bond acceptors (Lipinski definition) is 6. The molecule has 0 aliphatic carbocycles. The Balaban J connectivity index is 1.61. The van der Waals surface area contributed by atoms with Gasteiger partial charge in [-0.3, -0.25) is 4.79 Å². The van der Waals surface area contributed by atoms with Crippen molar-refractivity contribution in [2.45, 2.75) is 38.0 Å². The van der Waals surface area contributed by atoms with Crippen LogP contribution in [-0.4, -0.2) is 62.0 Å². The maximum atomic E-state index is 13.0. The first-order valence-electron chi connectivity index (χ1n) is 9.77. The van der Waals surface area contributed by atoms with Gasteiger partial charge >= 0.3 is 0 Å². The Hall–Kier alpha value is -2.10. The molecule has 2 aromatic rings. The van der Waals surface area contributed by atoms with Gasteiger partial charge in [-0.25, -0.2) is 8.42 Å². The predicted molar refractivity (Wildman–Crippen MR) is 112 cm³/mol. The van der Waals surface area contributed by atoms with Crippen LogP contribution in [0.4, 0.5) is 0 Å². The lowest BCUT2D eigenvalue weighted by Crippen LogP contribution is -2.37. The van der Waals surface area contributed by atoms with E-state index < -0.39 is 10.0 Å². The molecule has 8 nitrogen and oxygen atoms in total. The molecule has 164 valence electrons. The van der Waals surface area contributed by atoms with Crippen molar-refractivity contribution in [3.63, 3.8) is 0 Å². The molecular formula is C20H26ClN3O5S. The molecule has 1 saturated heterocycles. The Bertz CT molecular complexity index is 1000. The molecular weight excluding hydrogens is 430 g/mol. The van der Waals surface area contributed by atoms with Crippen LogP contribution in [0.25, 0.3) is 0 Å². The topological polar surface area (TPSA) is 93.0 Å². The molecule has 10 heteroatoms. The molecule has 0 atom stereocenters. The molecule has 1 aromatic heterocycles. The minimum absolute atomic E-state index is 0.00136. The van der Waals surface area contributed by atoms with Gasteiger partial charge in [0.1, 0.15) is 16.3 Å². The zero-order chi connectivity index (χ0) is 21.9. The van der Waals surface area contributed by atoms with Gasteiger partial charge in [-0.15, -0.1) is 0 Å². The quantitative estimate of drug-likeness (QED) is 0.665. The van der Waals surface area contributed by atoms with Gasteiger partial charge in [0, 0.05) is 32.6 Å². The number of nitrogens with zero attached hydrogens (tertiary/aromatic N) is 3. The second kappa shape index (κ2) is 9.36. The molecule has 30 heavy (non-hydrogen) atoms. The van der Waals surface area contributed by atoms with Crippen LogP contribution in [0.15, 0.2) is 27.6 Å². The van der Waals surface area contributed by atoms with Crippen LogP contribution in [-0.2, 0) is 21.2 Å². The van der Waals surface area contributed by atoms with Crippen molar-refractivity contribution in [1.29, 1.82) is 0 Å². The maximum absolute atomic E-state index is 13.0. The average molecular weight is 456 g/mol. The van der Waals surface area contributed by atoms with Crippen molar-refractivity contribution in [1.82, 2.24) is 14.4 Å². The average Bonchev–Trinajstić information content (AvgIpc) is 2.91. The molecule has 0 unspecified atom stereocenters. The summed E-state index contributed by atoms with van der Waals surface area (Å²) in [5.74, 6) is 0.875. The van der Waals surface area contributed by atoms with E-state index >= 15 is 0 Å². The first kappa shape index (κ1) is 22.6. The number of halogens is 1. The van der Waals surface area contributed by atoms with Crippen molar-refractivity contribution in [3.05, 3.63) is 40.2 Å². The molecule has 0 radical (unpaired) electrons. The first-order chi connectivity index (χ1) is 14.2. The molecule has 1 aliphatic rings. The number of methoxy groups -OCH3 is 1. The van der Waals surface area contributed by atoms with Crippen molar-refractivity contribution < 1.29 is 22.5 Å². The van der Waals surface area contributed by atoms with Gasteiger partial charge < -0.3 is 14.2 Å². The number of aromatic nitrogens is 1. The third-order valence-corrected chi connectivity index (χ3v) is 7.66. The fraction of sp³-hybridized carbons (Fsp3) is 0.500. The normalized spacial score (nSPS) is 15.8. The van der Waals surface area contributed by atoms with Crippen LogP contribution in [0.1, 0.15) is 29.9 Å². The van der Waals surface area contributed by atoms with E-state index in [1.165, 1.54) is 4.31 Å².